The predicted molar refractivity (Wildman–Crippen MR) is 312 cm³/mol. The van der Waals surface area contributed by atoms with Crippen molar-refractivity contribution in [2.45, 2.75) is 133 Å². The van der Waals surface area contributed by atoms with Crippen LogP contribution in [0, 0.1) is 40.6 Å². The van der Waals surface area contributed by atoms with Gasteiger partial charge in [-0.25, -0.2) is 27.6 Å². The molecular weight excluding hydrogens is 1490 g/mol. The van der Waals surface area contributed by atoms with E-state index >= 15 is 13.2 Å². The smallest absolute Gasteiger partial charge is 0.362 e. The van der Waals surface area contributed by atoms with Crippen molar-refractivity contribution in [3.63, 3.8) is 0 Å². The minimum absolute atomic E-state index is 0.0200. The number of imide groups is 6. The van der Waals surface area contributed by atoms with Crippen LogP contribution in [0.15, 0.2) is 50.0 Å². The van der Waals surface area contributed by atoms with Crippen LogP contribution in [-0.2, 0) is 68.4 Å². The molecule has 9 atom stereocenters. The Morgan fingerprint density at radius 1 is 0.430 bits per heavy atom. The molecule has 0 unspecified atom stereocenters. The summed E-state index contributed by atoms with van der Waals surface area (Å²) in [5.74, 6) is -13.4. The third kappa shape index (κ3) is 12.4. The summed E-state index contributed by atoms with van der Waals surface area (Å²) in [4.78, 5) is 127. The van der Waals surface area contributed by atoms with E-state index in [1.54, 1.807) is 0 Å². The van der Waals surface area contributed by atoms with Gasteiger partial charge in [0.05, 0.1) is 73.1 Å². The third-order valence-electron chi connectivity index (χ3n) is 19.3. The Labute approximate surface area is 583 Å². The average Bonchev–Trinajstić information content (AvgIpc) is 1.01. The SMILES string of the molecule is C[C@@H]1O[C@H](C(F)(F)F)CN2c3c(F)cc(-c4noc(C(F)(F)F)n4)cc3CC3(C(=O)NC(=O)NC3=O)[C@@H]12.C[C@@H]1O[C@H](C(F)(F)F)CN2c3c(F)cc(-c4noc(C(F)F)n4)cc3CC3(C(=O)NC(=O)NC3=O)[C@@H]12.Cc1nc(-c2cc(F)c3c(c2)CC2(C(=O)NC(=O)NC2=O)[C@H]2[C@H](C)O[C@H](C(F)(F)F)CN32)no1. The molecule has 6 N–H and O–H groups in total. The molecule has 570 valence electrons. The van der Waals surface area contributed by atoms with Gasteiger partial charge in [0.25, 0.3) is 5.89 Å². The summed E-state index contributed by atoms with van der Waals surface area (Å²) in [6.07, 6.45) is -35.5. The average molecular weight is 1540 g/mol. The summed E-state index contributed by atoms with van der Waals surface area (Å²) < 4.78 is 262. The molecule has 6 aromatic rings. The van der Waals surface area contributed by atoms with Crippen LogP contribution >= 0.6 is 0 Å². The third-order valence-corrected chi connectivity index (χ3v) is 19.3. The first kappa shape index (κ1) is 74.3. The maximum Gasteiger partial charge on any atom is 0.471 e. The van der Waals surface area contributed by atoms with Crippen LogP contribution in [0.2, 0.25) is 0 Å². The van der Waals surface area contributed by atoms with Crippen LogP contribution < -0.4 is 46.6 Å². The highest BCUT2D eigenvalue weighted by molar-refractivity contribution is 6.22. The Hall–Kier alpha value is -11.0. The summed E-state index contributed by atoms with van der Waals surface area (Å²) in [7, 11) is 0. The number of carbonyl (C=O) groups excluding carboxylic acids is 9. The first-order chi connectivity index (χ1) is 49.9. The van der Waals surface area contributed by atoms with Gasteiger partial charge in [0.15, 0.2) is 34.6 Å². The maximum atomic E-state index is 15.5. The van der Waals surface area contributed by atoms with Gasteiger partial charge in [-0.05, 0) is 73.9 Å². The van der Waals surface area contributed by atoms with Crippen molar-refractivity contribution in [1.82, 2.24) is 62.3 Å². The lowest BCUT2D eigenvalue weighted by Crippen LogP contribution is -2.76. The number of rotatable bonds is 4. The number of amides is 12. The summed E-state index contributed by atoms with van der Waals surface area (Å²) in [5.41, 5.74) is -8.10. The molecule has 3 aromatic heterocycles. The van der Waals surface area contributed by atoms with E-state index in [1.165, 1.54) is 33.8 Å². The van der Waals surface area contributed by atoms with Crippen molar-refractivity contribution in [3.8, 4) is 34.2 Å². The molecule has 0 bridgehead atoms. The molecule has 12 amide bonds. The largest absolute Gasteiger partial charge is 0.471 e. The Kier molecular flexibility index (Phi) is 17.8. The molecule has 12 heterocycles. The Morgan fingerprint density at radius 2 is 0.720 bits per heavy atom. The molecular formula is C60H46F17N15O15. The molecule has 3 aromatic carbocycles. The maximum absolute atomic E-state index is 15.5. The van der Waals surface area contributed by atoms with E-state index in [0.29, 0.717) is 6.07 Å². The number of hydrogen-bond acceptors (Lipinski definition) is 24. The number of aromatic nitrogens is 6. The molecule has 6 saturated heterocycles. The van der Waals surface area contributed by atoms with Crippen LogP contribution in [0.1, 0.15) is 61.6 Å². The van der Waals surface area contributed by atoms with Gasteiger partial charge in [-0.15, -0.1) is 0 Å². The molecule has 0 saturated carbocycles. The number of anilines is 3. The number of carbonyl (C=O) groups is 9. The highest BCUT2D eigenvalue weighted by atomic mass is 19.4. The van der Waals surface area contributed by atoms with E-state index in [1.807, 2.05) is 31.9 Å². The van der Waals surface area contributed by atoms with Gasteiger partial charge >= 0.3 is 55.1 Å². The molecule has 9 aliphatic rings. The van der Waals surface area contributed by atoms with E-state index in [0.717, 1.165) is 39.0 Å². The van der Waals surface area contributed by atoms with Crippen molar-refractivity contribution in [1.29, 1.82) is 0 Å². The van der Waals surface area contributed by atoms with E-state index < -0.39 is 241 Å². The zero-order valence-electron chi connectivity index (χ0n) is 54.1. The van der Waals surface area contributed by atoms with Gasteiger partial charge in [-0.2, -0.15) is 76.4 Å². The van der Waals surface area contributed by atoms with Gasteiger partial charge in [-0.3, -0.25) is 60.7 Å². The second-order valence-electron chi connectivity index (χ2n) is 25.8. The summed E-state index contributed by atoms with van der Waals surface area (Å²) in [6, 6.07) is -1.41. The lowest BCUT2D eigenvalue weighted by Gasteiger charge is -2.55. The standard InChI is InChI=1S/C20H14F7N5O5.C20H15F6N5O5.C20H17F4N5O5/c1-6-12-18(14(33)29-17(35)30-15(18)34)4-8-2-7(13-28-16(37-31-13)20(25,26)27)3-9(21)11(8)32(12)5-10(36-6)19(22,23)24;1-6-12-19(16(32)28-18(34)29-17(19)33)4-8-2-7(14-27-15(13(22)23)36-30-14)3-9(21)11(8)31(12)5-10(35-6)20(24,25)26;1-7-14-19(16(30)26-18(32)27-17(19)31)5-10-3-9(15-25-8(2)34-28-15)4-11(21)13(10)29(14)6-12(33-7)20(22,23)24/h2-3,6,10,12H,4-5H2,1H3,(H2,29,30,33,34,35);2-3,6,10,12-13H,4-5H2,1H3,(H2,28,29,32,33,34);3-4,7,12,14H,5-6H2,1-2H3,(H2,26,27,30,31,32)/t2*6-,10-,12+;7-,12-,14+/m000/s1. The number of barbiturate groups is 3. The van der Waals surface area contributed by atoms with E-state index in [4.69, 9.17) is 18.7 Å². The second-order valence-corrected chi connectivity index (χ2v) is 25.8. The number of urea groups is 3. The van der Waals surface area contributed by atoms with Crippen LogP contribution in [-0.4, -0.2) is 177 Å². The fourth-order valence-electron chi connectivity index (χ4n) is 15.2. The van der Waals surface area contributed by atoms with Crippen LogP contribution in [0.5, 0.6) is 0 Å². The van der Waals surface area contributed by atoms with Gasteiger partial charge < -0.3 is 42.5 Å². The number of hydrogen-bond donors (Lipinski definition) is 6. The number of morpholine rings is 3. The van der Waals surface area contributed by atoms with Gasteiger partial charge in [0.1, 0.15) is 17.5 Å². The lowest BCUT2D eigenvalue weighted by molar-refractivity contribution is -0.243. The number of alkyl halides is 14. The number of nitrogens with one attached hydrogen (secondary N) is 6. The minimum atomic E-state index is -5.00. The van der Waals surface area contributed by atoms with Crippen molar-refractivity contribution in [3.05, 3.63) is 88.2 Å². The zero-order valence-corrected chi connectivity index (χ0v) is 54.1. The fraction of sp³-hybridized carbons (Fsp3) is 0.450. The first-order valence-electron chi connectivity index (χ1n) is 31.2. The number of nitrogens with zero attached hydrogens (tertiary/aromatic N) is 9. The highest BCUT2D eigenvalue weighted by Gasteiger charge is 2.69. The predicted octanol–water partition coefficient (Wildman–Crippen LogP) is 6.19. The summed E-state index contributed by atoms with van der Waals surface area (Å²) >= 11 is 0. The molecule has 15 rings (SSSR count). The van der Waals surface area contributed by atoms with E-state index in [2.05, 4.69) is 39.5 Å². The monoisotopic (exact) mass is 1540 g/mol. The Bertz CT molecular complexity index is 4690. The quantitative estimate of drug-likeness (QED) is 0.0846. The van der Waals surface area contributed by atoms with Crippen LogP contribution in [0.3, 0.4) is 0 Å². The molecule has 107 heavy (non-hydrogen) atoms. The molecule has 6 fully saturated rings. The number of aryl methyl sites for hydroxylation is 1. The molecule has 47 heteroatoms. The fourth-order valence-corrected chi connectivity index (χ4v) is 15.2. The minimum Gasteiger partial charge on any atom is -0.362 e. The Balaban J connectivity index is 0.000000142. The number of halogens is 17. The van der Waals surface area contributed by atoms with Crippen molar-refractivity contribution in [2.75, 3.05) is 34.3 Å². The molecule has 0 aliphatic carbocycles. The number of benzene rings is 3. The molecule has 0 radical (unpaired) electrons. The zero-order chi connectivity index (χ0) is 77.8. The Morgan fingerprint density at radius 3 is 0.981 bits per heavy atom. The lowest BCUT2D eigenvalue weighted by atomic mass is 9.66. The van der Waals surface area contributed by atoms with Crippen LogP contribution in [0.4, 0.5) is 106 Å². The summed E-state index contributed by atoms with van der Waals surface area (Å²) in [6.45, 7) is 2.33. The van der Waals surface area contributed by atoms with Gasteiger partial charge in [-0.1, -0.05) is 15.5 Å². The van der Waals surface area contributed by atoms with E-state index in [-0.39, 0.29) is 56.5 Å². The molecule has 3 spiro atoms. The first-order valence-corrected chi connectivity index (χ1v) is 31.2. The molecule has 9 aliphatic heterocycles. The van der Waals surface area contributed by atoms with Crippen LogP contribution in [0.25, 0.3) is 34.2 Å². The van der Waals surface area contributed by atoms with E-state index in [9.17, 15) is 105 Å². The highest BCUT2D eigenvalue weighted by Crippen LogP contribution is 2.54. The number of fused-ring (bicyclic) bond motifs is 12. The summed E-state index contributed by atoms with van der Waals surface area (Å²) in [5, 5.41) is 22.0. The van der Waals surface area contributed by atoms with Crippen molar-refractivity contribution >= 4 is 70.6 Å². The van der Waals surface area contributed by atoms with Gasteiger partial charge in [0, 0.05) is 42.9 Å². The van der Waals surface area contributed by atoms with Crippen molar-refractivity contribution in [2.24, 2.45) is 16.2 Å². The van der Waals surface area contributed by atoms with Crippen molar-refractivity contribution < 1.29 is 146 Å². The molecule has 30 nitrogen and oxygen atoms in total. The normalized spacial score (nSPS) is 25.7. The second kappa shape index (κ2) is 25.6. The number of ether oxygens (including phenoxy) is 3. The van der Waals surface area contributed by atoms with Gasteiger partial charge in [0.2, 0.25) is 58.8 Å². The topological polar surface area (TPSA) is 380 Å².